The van der Waals surface area contributed by atoms with Crippen LogP contribution in [0, 0.1) is 5.92 Å². The van der Waals surface area contributed by atoms with E-state index in [0.29, 0.717) is 18.2 Å². The van der Waals surface area contributed by atoms with Crippen molar-refractivity contribution in [3.8, 4) is 0 Å². The topological polar surface area (TPSA) is 59.2 Å². The van der Waals surface area contributed by atoms with Gasteiger partial charge >= 0.3 is 0 Å². The van der Waals surface area contributed by atoms with E-state index in [2.05, 4.69) is 17.1 Å². The molecule has 0 aromatic carbocycles. The van der Waals surface area contributed by atoms with Gasteiger partial charge in [0, 0.05) is 5.92 Å². The van der Waals surface area contributed by atoms with Gasteiger partial charge < -0.3 is 9.63 Å². The van der Waals surface area contributed by atoms with Gasteiger partial charge in [0.05, 0.1) is 12.5 Å². The van der Waals surface area contributed by atoms with E-state index in [1.165, 1.54) is 19.3 Å². The standard InChI is InChI=1S/C13H22N2O2/c1-3-11(16)8-12-14-13(15-17-12)10-6-4-5-9(2)7-10/h9-11,16H,3-8H2,1-2H3. The van der Waals surface area contributed by atoms with Crippen LogP contribution in [-0.2, 0) is 6.42 Å². The molecule has 1 aliphatic carbocycles. The van der Waals surface area contributed by atoms with Gasteiger partial charge in [0.25, 0.3) is 0 Å². The average Bonchev–Trinajstić information content (AvgIpc) is 2.77. The molecule has 1 aromatic rings. The van der Waals surface area contributed by atoms with Gasteiger partial charge in [0.1, 0.15) is 0 Å². The SMILES string of the molecule is CCC(O)Cc1nc(C2CCCC(C)C2)no1. The lowest BCUT2D eigenvalue weighted by atomic mass is 9.82. The molecular formula is C13H22N2O2. The van der Waals surface area contributed by atoms with Gasteiger partial charge in [0.15, 0.2) is 5.82 Å². The van der Waals surface area contributed by atoms with Crippen LogP contribution < -0.4 is 0 Å². The van der Waals surface area contributed by atoms with E-state index >= 15 is 0 Å². The molecule has 1 aliphatic rings. The highest BCUT2D eigenvalue weighted by molar-refractivity contribution is 4.98. The maximum Gasteiger partial charge on any atom is 0.229 e. The fraction of sp³-hybridized carbons (Fsp3) is 0.846. The van der Waals surface area contributed by atoms with Gasteiger partial charge in [-0.3, -0.25) is 0 Å². The van der Waals surface area contributed by atoms with Crippen LogP contribution in [0.2, 0.25) is 0 Å². The number of aliphatic hydroxyl groups excluding tert-OH is 1. The van der Waals surface area contributed by atoms with Gasteiger partial charge in [0.2, 0.25) is 5.89 Å². The van der Waals surface area contributed by atoms with Crippen molar-refractivity contribution in [3.05, 3.63) is 11.7 Å². The van der Waals surface area contributed by atoms with Crippen molar-refractivity contribution in [1.82, 2.24) is 10.1 Å². The Hall–Kier alpha value is -0.900. The minimum Gasteiger partial charge on any atom is -0.393 e. The number of hydrogen-bond acceptors (Lipinski definition) is 4. The molecule has 0 bridgehead atoms. The lowest BCUT2D eigenvalue weighted by Crippen LogP contribution is -2.13. The predicted octanol–water partition coefficient (Wildman–Crippen LogP) is 2.68. The fourth-order valence-corrected chi connectivity index (χ4v) is 2.53. The Labute approximate surface area is 102 Å². The third-order valence-corrected chi connectivity index (χ3v) is 3.67. The van der Waals surface area contributed by atoms with E-state index in [1.54, 1.807) is 0 Å². The first kappa shape index (κ1) is 12.6. The second-order valence-electron chi connectivity index (χ2n) is 5.28. The molecule has 3 unspecified atom stereocenters. The second-order valence-corrected chi connectivity index (χ2v) is 5.28. The third-order valence-electron chi connectivity index (χ3n) is 3.67. The number of aliphatic hydroxyl groups is 1. The van der Waals surface area contributed by atoms with Crippen LogP contribution in [0.15, 0.2) is 4.52 Å². The summed E-state index contributed by atoms with van der Waals surface area (Å²) >= 11 is 0. The monoisotopic (exact) mass is 238 g/mol. The van der Waals surface area contributed by atoms with Crippen LogP contribution in [0.5, 0.6) is 0 Å². The fourth-order valence-electron chi connectivity index (χ4n) is 2.53. The van der Waals surface area contributed by atoms with E-state index < -0.39 is 0 Å². The quantitative estimate of drug-likeness (QED) is 0.876. The molecule has 3 atom stereocenters. The lowest BCUT2D eigenvalue weighted by Gasteiger charge is -2.23. The summed E-state index contributed by atoms with van der Waals surface area (Å²) in [6.45, 7) is 4.23. The van der Waals surface area contributed by atoms with E-state index in [4.69, 9.17) is 4.52 Å². The lowest BCUT2D eigenvalue weighted by molar-refractivity contribution is 0.158. The van der Waals surface area contributed by atoms with Gasteiger partial charge in [-0.25, -0.2) is 0 Å². The zero-order valence-electron chi connectivity index (χ0n) is 10.7. The second kappa shape index (κ2) is 5.63. The van der Waals surface area contributed by atoms with Gasteiger partial charge in [-0.1, -0.05) is 31.8 Å². The summed E-state index contributed by atoms with van der Waals surface area (Å²) < 4.78 is 5.20. The molecule has 96 valence electrons. The van der Waals surface area contributed by atoms with Crippen molar-refractivity contribution in [3.63, 3.8) is 0 Å². The van der Waals surface area contributed by atoms with Gasteiger partial charge in [-0.2, -0.15) is 4.98 Å². The molecule has 1 aromatic heterocycles. The summed E-state index contributed by atoms with van der Waals surface area (Å²) in [5, 5.41) is 13.6. The molecule has 1 heterocycles. The first-order chi connectivity index (χ1) is 8.19. The molecule has 4 heteroatoms. The zero-order chi connectivity index (χ0) is 12.3. The molecule has 17 heavy (non-hydrogen) atoms. The Balaban J connectivity index is 1.97. The minimum absolute atomic E-state index is 0.367. The largest absolute Gasteiger partial charge is 0.393 e. The summed E-state index contributed by atoms with van der Waals surface area (Å²) in [6.07, 6.45) is 5.73. The molecule has 4 nitrogen and oxygen atoms in total. The maximum atomic E-state index is 9.55. The van der Waals surface area contributed by atoms with Crippen molar-refractivity contribution in [2.45, 2.75) is 64.4 Å². The van der Waals surface area contributed by atoms with Crippen molar-refractivity contribution < 1.29 is 9.63 Å². The highest BCUT2D eigenvalue weighted by Crippen LogP contribution is 2.34. The van der Waals surface area contributed by atoms with Crippen LogP contribution in [0.1, 0.15) is 63.6 Å². The van der Waals surface area contributed by atoms with Crippen molar-refractivity contribution in [2.24, 2.45) is 5.92 Å². The van der Waals surface area contributed by atoms with Crippen LogP contribution in [0.3, 0.4) is 0 Å². The molecule has 2 rings (SSSR count). The molecule has 0 saturated heterocycles. The summed E-state index contributed by atoms with van der Waals surface area (Å²) in [4.78, 5) is 4.42. The summed E-state index contributed by atoms with van der Waals surface area (Å²) in [7, 11) is 0. The molecule has 1 saturated carbocycles. The van der Waals surface area contributed by atoms with E-state index in [1.807, 2.05) is 6.92 Å². The van der Waals surface area contributed by atoms with Crippen LogP contribution in [0.4, 0.5) is 0 Å². The highest BCUT2D eigenvalue weighted by atomic mass is 16.5. The Bertz CT molecular complexity index is 351. The van der Waals surface area contributed by atoms with Crippen molar-refractivity contribution in [2.75, 3.05) is 0 Å². The molecule has 1 N–H and O–H groups in total. The third kappa shape index (κ3) is 3.28. The molecule has 0 aliphatic heterocycles. The smallest absolute Gasteiger partial charge is 0.229 e. The summed E-state index contributed by atoms with van der Waals surface area (Å²) in [6, 6.07) is 0. The normalized spacial score (nSPS) is 27.0. The van der Waals surface area contributed by atoms with E-state index in [0.717, 1.165) is 24.6 Å². The van der Waals surface area contributed by atoms with Crippen molar-refractivity contribution in [1.29, 1.82) is 0 Å². The van der Waals surface area contributed by atoms with Crippen LogP contribution >= 0.6 is 0 Å². The molecular weight excluding hydrogens is 216 g/mol. The van der Waals surface area contributed by atoms with Crippen molar-refractivity contribution >= 4 is 0 Å². The van der Waals surface area contributed by atoms with Crippen LogP contribution in [0.25, 0.3) is 0 Å². The number of rotatable bonds is 4. The van der Waals surface area contributed by atoms with E-state index in [-0.39, 0.29) is 6.10 Å². The first-order valence-electron chi connectivity index (χ1n) is 6.69. The first-order valence-corrected chi connectivity index (χ1v) is 6.69. The Kier molecular flexibility index (Phi) is 4.15. The number of aromatic nitrogens is 2. The predicted molar refractivity (Wildman–Crippen MR) is 64.7 cm³/mol. The van der Waals surface area contributed by atoms with Gasteiger partial charge in [-0.15, -0.1) is 0 Å². The number of nitrogens with zero attached hydrogens (tertiary/aromatic N) is 2. The number of hydrogen-bond donors (Lipinski definition) is 1. The molecule has 0 amide bonds. The Morgan fingerprint density at radius 1 is 1.47 bits per heavy atom. The molecule has 0 radical (unpaired) electrons. The minimum atomic E-state index is -0.367. The molecule has 0 spiro atoms. The summed E-state index contributed by atoms with van der Waals surface area (Å²) in [5.41, 5.74) is 0. The van der Waals surface area contributed by atoms with E-state index in [9.17, 15) is 5.11 Å². The Morgan fingerprint density at radius 3 is 3.00 bits per heavy atom. The summed E-state index contributed by atoms with van der Waals surface area (Å²) in [5.74, 6) is 2.63. The van der Waals surface area contributed by atoms with Crippen LogP contribution in [-0.4, -0.2) is 21.4 Å². The maximum absolute atomic E-state index is 9.55. The highest BCUT2D eigenvalue weighted by Gasteiger charge is 2.24. The average molecular weight is 238 g/mol. The molecule has 1 fully saturated rings. The van der Waals surface area contributed by atoms with Gasteiger partial charge in [-0.05, 0) is 25.2 Å². The Morgan fingerprint density at radius 2 is 2.29 bits per heavy atom. The zero-order valence-corrected chi connectivity index (χ0v) is 10.7.